The quantitative estimate of drug-likeness (QED) is 0.397. The average molecular weight is 278 g/mol. The summed E-state index contributed by atoms with van der Waals surface area (Å²) in [6, 6.07) is 1.59. The Morgan fingerprint density at radius 1 is 1.60 bits per heavy atom. The molecule has 80 valence electrons. The summed E-state index contributed by atoms with van der Waals surface area (Å²) < 4.78 is 13.0. The SMILES string of the molecule is O=C(CBr)c1cc(F)c(O)c([N+](=O)[O-])c1. The van der Waals surface area contributed by atoms with Gasteiger partial charge in [-0.1, -0.05) is 15.9 Å². The van der Waals surface area contributed by atoms with Gasteiger partial charge in [0, 0.05) is 11.6 Å². The number of Topliss-reactive ketones (excluding diaryl/α,β-unsaturated/α-hetero) is 1. The molecule has 0 spiro atoms. The van der Waals surface area contributed by atoms with Gasteiger partial charge in [-0.25, -0.2) is 4.39 Å². The summed E-state index contributed by atoms with van der Waals surface area (Å²) in [6.07, 6.45) is 0. The van der Waals surface area contributed by atoms with E-state index in [1.165, 1.54) is 0 Å². The maximum atomic E-state index is 13.0. The topological polar surface area (TPSA) is 80.4 Å². The number of hydrogen-bond donors (Lipinski definition) is 1. The van der Waals surface area contributed by atoms with Crippen molar-refractivity contribution in [3.05, 3.63) is 33.6 Å². The third-order valence-corrected chi connectivity index (χ3v) is 2.19. The van der Waals surface area contributed by atoms with E-state index in [2.05, 4.69) is 15.9 Å². The summed E-state index contributed by atoms with van der Waals surface area (Å²) in [4.78, 5) is 20.6. The number of alkyl halides is 1. The molecule has 5 nitrogen and oxygen atoms in total. The van der Waals surface area contributed by atoms with E-state index in [-0.39, 0.29) is 10.9 Å². The number of nitro benzene ring substituents is 1. The van der Waals surface area contributed by atoms with Crippen molar-refractivity contribution < 1.29 is 19.2 Å². The summed E-state index contributed by atoms with van der Waals surface area (Å²) in [5, 5.41) is 19.3. The van der Waals surface area contributed by atoms with Gasteiger partial charge < -0.3 is 5.11 Å². The number of benzene rings is 1. The van der Waals surface area contributed by atoms with E-state index in [1.807, 2.05) is 0 Å². The first-order chi connectivity index (χ1) is 6.97. The molecule has 0 unspecified atom stereocenters. The highest BCUT2D eigenvalue weighted by Gasteiger charge is 2.21. The van der Waals surface area contributed by atoms with Crippen molar-refractivity contribution >= 4 is 27.4 Å². The van der Waals surface area contributed by atoms with Gasteiger partial charge in [-0.15, -0.1) is 0 Å². The molecule has 0 saturated carbocycles. The number of hydrogen-bond acceptors (Lipinski definition) is 4. The highest BCUT2D eigenvalue weighted by atomic mass is 79.9. The molecule has 0 amide bonds. The molecule has 1 rings (SSSR count). The standard InChI is InChI=1S/C8H5BrFNO4/c9-3-7(12)4-1-5(10)8(13)6(2-4)11(14)15/h1-2,13H,3H2. The maximum absolute atomic E-state index is 13.0. The zero-order valence-corrected chi connectivity index (χ0v) is 8.82. The maximum Gasteiger partial charge on any atom is 0.314 e. The number of ketones is 1. The van der Waals surface area contributed by atoms with Crippen LogP contribution in [-0.4, -0.2) is 21.1 Å². The van der Waals surface area contributed by atoms with Crippen LogP contribution in [0.3, 0.4) is 0 Å². The second kappa shape index (κ2) is 4.35. The molecule has 7 heteroatoms. The molecule has 1 aromatic rings. The van der Waals surface area contributed by atoms with Gasteiger partial charge in [-0.05, 0) is 6.07 Å². The first-order valence-electron chi connectivity index (χ1n) is 3.73. The van der Waals surface area contributed by atoms with Crippen molar-refractivity contribution in [2.24, 2.45) is 0 Å². The molecule has 0 radical (unpaired) electrons. The third kappa shape index (κ3) is 2.30. The van der Waals surface area contributed by atoms with Gasteiger partial charge in [-0.2, -0.15) is 0 Å². The lowest BCUT2D eigenvalue weighted by atomic mass is 10.1. The molecular formula is C8H5BrFNO4. The Balaban J connectivity index is 3.35. The van der Waals surface area contributed by atoms with Gasteiger partial charge in [0.15, 0.2) is 11.6 Å². The average Bonchev–Trinajstić information content (AvgIpc) is 2.20. The Kier molecular flexibility index (Phi) is 3.35. The number of rotatable bonds is 3. The molecule has 0 aliphatic heterocycles. The summed E-state index contributed by atoms with van der Waals surface area (Å²) in [7, 11) is 0. The van der Waals surface area contributed by atoms with Gasteiger partial charge in [-0.3, -0.25) is 14.9 Å². The minimum Gasteiger partial charge on any atom is -0.500 e. The summed E-state index contributed by atoms with van der Waals surface area (Å²) in [6.45, 7) is 0. The Bertz CT molecular complexity index is 435. The molecule has 15 heavy (non-hydrogen) atoms. The second-order valence-corrected chi connectivity index (χ2v) is 3.20. The fraction of sp³-hybridized carbons (Fsp3) is 0.125. The Morgan fingerprint density at radius 2 is 2.20 bits per heavy atom. The number of phenolic OH excluding ortho intramolecular Hbond substituents is 1. The molecule has 1 N–H and O–H groups in total. The van der Waals surface area contributed by atoms with Gasteiger partial charge in [0.1, 0.15) is 0 Å². The predicted molar refractivity (Wildman–Crippen MR) is 52.8 cm³/mol. The fourth-order valence-electron chi connectivity index (χ4n) is 0.962. The normalized spacial score (nSPS) is 10.0. The lowest BCUT2D eigenvalue weighted by Crippen LogP contribution is -2.02. The van der Waals surface area contributed by atoms with Gasteiger partial charge in [0.2, 0.25) is 5.75 Å². The largest absolute Gasteiger partial charge is 0.500 e. The molecular weight excluding hydrogens is 273 g/mol. The van der Waals surface area contributed by atoms with Gasteiger partial charge in [0.05, 0.1) is 10.3 Å². The molecule has 0 fully saturated rings. The Hall–Kier alpha value is -1.50. The van der Waals surface area contributed by atoms with Gasteiger partial charge >= 0.3 is 5.69 Å². The van der Waals surface area contributed by atoms with Crippen LogP contribution in [0.4, 0.5) is 10.1 Å². The van der Waals surface area contributed by atoms with Crippen LogP contribution in [0.15, 0.2) is 12.1 Å². The van der Waals surface area contributed by atoms with Crippen LogP contribution in [0.25, 0.3) is 0 Å². The summed E-state index contributed by atoms with van der Waals surface area (Å²) in [5.41, 5.74) is -0.979. The van der Waals surface area contributed by atoms with Crippen molar-refractivity contribution in [3.63, 3.8) is 0 Å². The zero-order valence-electron chi connectivity index (χ0n) is 7.24. The zero-order chi connectivity index (χ0) is 11.6. The van der Waals surface area contributed by atoms with E-state index in [1.54, 1.807) is 0 Å². The molecule has 0 saturated heterocycles. The number of halogens is 2. The summed E-state index contributed by atoms with van der Waals surface area (Å²) in [5.74, 6) is -2.75. The number of nitro groups is 1. The predicted octanol–water partition coefficient (Wildman–Crippen LogP) is 2.02. The minimum absolute atomic E-state index is 0.0750. The van der Waals surface area contributed by atoms with E-state index in [0.29, 0.717) is 0 Å². The Morgan fingerprint density at radius 3 is 2.67 bits per heavy atom. The van der Waals surface area contributed by atoms with Crippen LogP contribution in [0.2, 0.25) is 0 Å². The van der Waals surface area contributed by atoms with Crippen LogP contribution >= 0.6 is 15.9 Å². The van der Waals surface area contributed by atoms with Crippen LogP contribution < -0.4 is 0 Å². The second-order valence-electron chi connectivity index (χ2n) is 2.64. The molecule has 0 aliphatic rings. The van der Waals surface area contributed by atoms with Crippen molar-refractivity contribution in [2.45, 2.75) is 0 Å². The minimum atomic E-state index is -1.19. The number of carbonyl (C=O) groups is 1. The van der Waals surface area contributed by atoms with E-state index < -0.39 is 28.0 Å². The lowest BCUT2D eigenvalue weighted by Gasteiger charge is -2.01. The first kappa shape index (κ1) is 11.6. The fourth-order valence-corrected chi connectivity index (χ4v) is 1.29. The molecule has 0 heterocycles. The molecule has 0 aromatic heterocycles. The number of carbonyl (C=O) groups excluding carboxylic acids is 1. The first-order valence-corrected chi connectivity index (χ1v) is 4.85. The smallest absolute Gasteiger partial charge is 0.314 e. The van der Waals surface area contributed by atoms with Crippen molar-refractivity contribution in [1.29, 1.82) is 0 Å². The lowest BCUT2D eigenvalue weighted by molar-refractivity contribution is -0.386. The number of nitrogens with zero attached hydrogens (tertiary/aromatic N) is 1. The van der Waals surface area contributed by atoms with Crippen molar-refractivity contribution in [2.75, 3.05) is 5.33 Å². The van der Waals surface area contributed by atoms with E-state index >= 15 is 0 Å². The van der Waals surface area contributed by atoms with Crippen LogP contribution in [0.5, 0.6) is 5.75 Å². The van der Waals surface area contributed by atoms with E-state index in [9.17, 15) is 19.3 Å². The molecule has 1 aromatic carbocycles. The van der Waals surface area contributed by atoms with Crippen LogP contribution in [-0.2, 0) is 0 Å². The molecule has 0 bridgehead atoms. The summed E-state index contributed by atoms with van der Waals surface area (Å²) >= 11 is 2.85. The monoisotopic (exact) mass is 277 g/mol. The van der Waals surface area contributed by atoms with Crippen molar-refractivity contribution in [1.82, 2.24) is 0 Å². The van der Waals surface area contributed by atoms with E-state index in [0.717, 1.165) is 12.1 Å². The van der Waals surface area contributed by atoms with E-state index in [4.69, 9.17) is 5.11 Å². The van der Waals surface area contributed by atoms with Crippen LogP contribution in [0.1, 0.15) is 10.4 Å². The van der Waals surface area contributed by atoms with Crippen LogP contribution in [0, 0.1) is 15.9 Å². The Labute approximate surface area is 91.8 Å². The number of aromatic hydroxyl groups is 1. The third-order valence-electron chi connectivity index (χ3n) is 1.68. The highest BCUT2D eigenvalue weighted by molar-refractivity contribution is 9.09. The highest BCUT2D eigenvalue weighted by Crippen LogP contribution is 2.30. The molecule has 0 aliphatic carbocycles. The molecule has 0 atom stereocenters. The van der Waals surface area contributed by atoms with Gasteiger partial charge in [0.25, 0.3) is 0 Å². The number of phenols is 1. The van der Waals surface area contributed by atoms with Crippen molar-refractivity contribution in [3.8, 4) is 5.75 Å².